The highest BCUT2D eigenvalue weighted by Crippen LogP contribution is 2.25. The van der Waals surface area contributed by atoms with Crippen LogP contribution in [0.1, 0.15) is 25.7 Å². The molecule has 2 heterocycles. The molecular weight excluding hydrogens is 254 g/mol. The Morgan fingerprint density at radius 1 is 1.30 bits per heavy atom. The molecule has 1 aromatic carbocycles. The first-order valence-electron chi connectivity index (χ1n) is 6.79. The van der Waals surface area contributed by atoms with Crippen LogP contribution in [0.3, 0.4) is 0 Å². The molecule has 0 saturated carbocycles. The number of furan rings is 1. The van der Waals surface area contributed by atoms with Gasteiger partial charge in [0.1, 0.15) is 5.58 Å². The molecule has 0 fully saturated rings. The lowest BCUT2D eigenvalue weighted by atomic mass is 10.1. The zero-order valence-electron chi connectivity index (χ0n) is 11.4. The predicted octanol–water partition coefficient (Wildman–Crippen LogP) is 3.15. The number of benzene rings is 1. The van der Waals surface area contributed by atoms with Gasteiger partial charge in [-0.3, -0.25) is 0 Å². The fourth-order valence-electron chi connectivity index (χ4n) is 2.12. The van der Waals surface area contributed by atoms with Crippen LogP contribution in [0.4, 0.5) is 0 Å². The van der Waals surface area contributed by atoms with Crippen LogP contribution in [0.25, 0.3) is 22.6 Å². The summed E-state index contributed by atoms with van der Waals surface area (Å²) < 4.78 is 10.9. The Bertz CT molecular complexity index is 667. The first-order valence-corrected chi connectivity index (χ1v) is 6.79. The summed E-state index contributed by atoms with van der Waals surface area (Å²) in [5.41, 5.74) is 6.54. The number of para-hydroxylation sites is 1. The molecule has 1 atom stereocenters. The molecule has 0 radical (unpaired) electrons. The van der Waals surface area contributed by atoms with Crippen LogP contribution in [0.2, 0.25) is 0 Å². The number of hydrogen-bond donors (Lipinski definition) is 1. The van der Waals surface area contributed by atoms with Gasteiger partial charge in [-0.2, -0.15) is 4.98 Å². The second kappa shape index (κ2) is 5.46. The van der Waals surface area contributed by atoms with Crippen LogP contribution in [0, 0.1) is 0 Å². The van der Waals surface area contributed by atoms with Gasteiger partial charge >= 0.3 is 0 Å². The number of fused-ring (bicyclic) bond motifs is 1. The molecule has 0 spiro atoms. The van der Waals surface area contributed by atoms with E-state index in [2.05, 4.69) is 10.1 Å². The minimum atomic E-state index is 0.202. The number of rotatable bonds is 5. The fourth-order valence-corrected chi connectivity index (χ4v) is 2.12. The van der Waals surface area contributed by atoms with E-state index in [1.54, 1.807) is 0 Å². The lowest BCUT2D eigenvalue weighted by Gasteiger charge is -2.00. The maximum atomic E-state index is 5.71. The Morgan fingerprint density at radius 2 is 2.15 bits per heavy atom. The van der Waals surface area contributed by atoms with Crippen LogP contribution >= 0.6 is 0 Å². The van der Waals surface area contributed by atoms with E-state index in [1.165, 1.54) is 0 Å². The molecule has 0 bridgehead atoms. The molecule has 0 saturated heterocycles. The van der Waals surface area contributed by atoms with Crippen molar-refractivity contribution in [2.45, 2.75) is 32.2 Å². The highest BCUT2D eigenvalue weighted by Gasteiger charge is 2.13. The third kappa shape index (κ3) is 2.72. The second-order valence-corrected chi connectivity index (χ2v) is 5.03. The van der Waals surface area contributed by atoms with E-state index in [9.17, 15) is 0 Å². The fraction of sp³-hybridized carbons (Fsp3) is 0.333. The van der Waals surface area contributed by atoms with Crippen molar-refractivity contribution in [3.63, 3.8) is 0 Å². The monoisotopic (exact) mass is 271 g/mol. The minimum Gasteiger partial charge on any atom is -0.453 e. The van der Waals surface area contributed by atoms with E-state index in [0.29, 0.717) is 17.5 Å². The average molecular weight is 271 g/mol. The van der Waals surface area contributed by atoms with Gasteiger partial charge in [0.25, 0.3) is 0 Å². The Balaban J connectivity index is 1.75. The van der Waals surface area contributed by atoms with Crippen molar-refractivity contribution in [1.29, 1.82) is 0 Å². The normalized spacial score (nSPS) is 12.9. The first kappa shape index (κ1) is 12.9. The topological polar surface area (TPSA) is 78.1 Å². The van der Waals surface area contributed by atoms with E-state index in [0.717, 1.165) is 30.2 Å². The van der Waals surface area contributed by atoms with Gasteiger partial charge < -0.3 is 14.7 Å². The van der Waals surface area contributed by atoms with Gasteiger partial charge in [0.05, 0.1) is 0 Å². The smallest absolute Gasteiger partial charge is 0.238 e. The third-order valence-electron chi connectivity index (χ3n) is 3.16. The Labute approximate surface area is 116 Å². The summed E-state index contributed by atoms with van der Waals surface area (Å²) in [6.45, 7) is 1.99. The largest absolute Gasteiger partial charge is 0.453 e. The average Bonchev–Trinajstić information content (AvgIpc) is 3.03. The number of aryl methyl sites for hydroxylation is 1. The zero-order chi connectivity index (χ0) is 13.9. The lowest BCUT2D eigenvalue weighted by Crippen LogP contribution is -2.14. The van der Waals surface area contributed by atoms with Crippen molar-refractivity contribution >= 4 is 11.0 Å². The molecule has 0 amide bonds. The summed E-state index contributed by atoms with van der Waals surface area (Å²) in [7, 11) is 0. The predicted molar refractivity (Wildman–Crippen MR) is 76.1 cm³/mol. The van der Waals surface area contributed by atoms with Gasteiger partial charge in [-0.25, -0.2) is 0 Å². The maximum absolute atomic E-state index is 5.71. The van der Waals surface area contributed by atoms with Crippen LogP contribution < -0.4 is 5.73 Å². The summed E-state index contributed by atoms with van der Waals surface area (Å²) >= 11 is 0. The SMILES string of the molecule is CC(N)CCCc1nc(-c2cc3ccccc3o2)no1. The van der Waals surface area contributed by atoms with Crippen LogP contribution in [-0.4, -0.2) is 16.2 Å². The summed E-state index contributed by atoms with van der Waals surface area (Å²) in [6.07, 6.45) is 2.64. The Hall–Kier alpha value is -2.14. The van der Waals surface area contributed by atoms with E-state index in [4.69, 9.17) is 14.7 Å². The van der Waals surface area contributed by atoms with Crippen molar-refractivity contribution in [2.24, 2.45) is 5.73 Å². The molecule has 104 valence electrons. The molecule has 2 N–H and O–H groups in total. The van der Waals surface area contributed by atoms with E-state index >= 15 is 0 Å². The third-order valence-corrected chi connectivity index (χ3v) is 3.16. The maximum Gasteiger partial charge on any atom is 0.238 e. The molecule has 0 aliphatic rings. The molecule has 1 unspecified atom stereocenters. The number of nitrogens with zero attached hydrogens (tertiary/aromatic N) is 2. The molecule has 0 aliphatic heterocycles. The molecule has 20 heavy (non-hydrogen) atoms. The molecule has 0 aliphatic carbocycles. The van der Waals surface area contributed by atoms with Gasteiger partial charge in [-0.05, 0) is 31.9 Å². The van der Waals surface area contributed by atoms with E-state index < -0.39 is 0 Å². The van der Waals surface area contributed by atoms with Gasteiger partial charge in [0, 0.05) is 17.8 Å². The highest BCUT2D eigenvalue weighted by molar-refractivity contribution is 5.81. The number of nitrogens with two attached hydrogens (primary N) is 1. The summed E-state index contributed by atoms with van der Waals surface area (Å²) in [5, 5.41) is 5.00. The Morgan fingerprint density at radius 3 is 2.95 bits per heavy atom. The van der Waals surface area contributed by atoms with Crippen molar-refractivity contribution in [2.75, 3.05) is 0 Å². The molecule has 2 aromatic heterocycles. The molecular formula is C15H17N3O2. The van der Waals surface area contributed by atoms with E-state index in [1.807, 2.05) is 37.3 Å². The van der Waals surface area contributed by atoms with Crippen molar-refractivity contribution in [3.05, 3.63) is 36.2 Å². The van der Waals surface area contributed by atoms with Crippen LogP contribution in [0.15, 0.2) is 39.3 Å². The van der Waals surface area contributed by atoms with Crippen molar-refractivity contribution in [3.8, 4) is 11.6 Å². The van der Waals surface area contributed by atoms with Gasteiger partial charge in [0.2, 0.25) is 11.7 Å². The zero-order valence-corrected chi connectivity index (χ0v) is 11.4. The van der Waals surface area contributed by atoms with Crippen LogP contribution in [0.5, 0.6) is 0 Å². The van der Waals surface area contributed by atoms with Crippen LogP contribution in [-0.2, 0) is 6.42 Å². The standard InChI is InChI=1S/C15H17N3O2/c1-10(16)5-4-8-14-17-15(18-20-14)13-9-11-6-2-3-7-12(11)19-13/h2-3,6-7,9-10H,4-5,8,16H2,1H3. The molecule has 5 nitrogen and oxygen atoms in total. The molecule has 3 rings (SSSR count). The Kier molecular flexibility index (Phi) is 3.52. The quantitative estimate of drug-likeness (QED) is 0.771. The van der Waals surface area contributed by atoms with Crippen molar-refractivity contribution in [1.82, 2.24) is 10.1 Å². The van der Waals surface area contributed by atoms with Gasteiger partial charge in [0.15, 0.2) is 5.76 Å². The minimum absolute atomic E-state index is 0.202. The summed E-state index contributed by atoms with van der Waals surface area (Å²) in [6, 6.07) is 9.94. The van der Waals surface area contributed by atoms with Gasteiger partial charge in [-0.15, -0.1) is 0 Å². The summed E-state index contributed by atoms with van der Waals surface area (Å²) in [4.78, 5) is 4.36. The molecule has 3 aromatic rings. The second-order valence-electron chi connectivity index (χ2n) is 5.03. The number of hydrogen-bond acceptors (Lipinski definition) is 5. The van der Waals surface area contributed by atoms with Gasteiger partial charge in [-0.1, -0.05) is 23.4 Å². The lowest BCUT2D eigenvalue weighted by molar-refractivity contribution is 0.372. The van der Waals surface area contributed by atoms with E-state index in [-0.39, 0.29) is 6.04 Å². The van der Waals surface area contributed by atoms with Crippen molar-refractivity contribution < 1.29 is 8.94 Å². The summed E-state index contributed by atoms with van der Waals surface area (Å²) in [5.74, 6) is 1.76. The highest BCUT2D eigenvalue weighted by atomic mass is 16.5. The number of aromatic nitrogens is 2. The first-order chi connectivity index (χ1) is 9.72. The molecule has 5 heteroatoms.